The van der Waals surface area contributed by atoms with E-state index in [2.05, 4.69) is 6.92 Å². The molecular formula is C12H11Cl4O. The van der Waals surface area contributed by atoms with E-state index in [9.17, 15) is 4.79 Å². The van der Waals surface area contributed by atoms with Crippen LogP contribution < -0.4 is 0 Å². The van der Waals surface area contributed by atoms with Crippen LogP contribution in [0.3, 0.4) is 0 Å². The van der Waals surface area contributed by atoms with Gasteiger partial charge in [-0.25, -0.2) is 0 Å². The summed E-state index contributed by atoms with van der Waals surface area (Å²) in [5, 5.41) is 0.858. The molecule has 5 heteroatoms. The lowest BCUT2D eigenvalue weighted by Gasteiger charge is -2.12. The van der Waals surface area contributed by atoms with Crippen LogP contribution in [0.5, 0.6) is 0 Å². The van der Waals surface area contributed by atoms with Crippen LogP contribution in [-0.2, 0) is 11.2 Å². The highest BCUT2D eigenvalue weighted by Gasteiger charge is 2.19. The zero-order valence-corrected chi connectivity index (χ0v) is 12.3. The number of hydrogen-bond acceptors (Lipinski definition) is 1. The van der Waals surface area contributed by atoms with Crippen molar-refractivity contribution in [3.8, 4) is 0 Å². The van der Waals surface area contributed by atoms with Gasteiger partial charge in [0, 0.05) is 0 Å². The third-order valence-corrected chi connectivity index (χ3v) is 4.27. The molecule has 0 N–H and O–H groups in total. The van der Waals surface area contributed by atoms with E-state index < -0.39 is 0 Å². The molecule has 0 saturated heterocycles. The molecular weight excluding hydrogens is 302 g/mol. The normalized spacial score (nSPS) is 10.6. The minimum Gasteiger partial charge on any atom is -0.285 e. The highest BCUT2D eigenvalue weighted by molar-refractivity contribution is 6.50. The monoisotopic (exact) mass is 311 g/mol. The van der Waals surface area contributed by atoms with Gasteiger partial charge in [-0.2, -0.15) is 0 Å². The van der Waals surface area contributed by atoms with Gasteiger partial charge in [-0.1, -0.05) is 66.2 Å². The van der Waals surface area contributed by atoms with Crippen LogP contribution in [0.2, 0.25) is 20.1 Å². The van der Waals surface area contributed by atoms with Crippen molar-refractivity contribution in [3.63, 3.8) is 0 Å². The van der Waals surface area contributed by atoms with Crippen molar-refractivity contribution in [3.05, 3.63) is 31.2 Å². The lowest BCUT2D eigenvalue weighted by atomic mass is 10.0. The molecule has 0 saturated carbocycles. The molecule has 1 radical (unpaired) electrons. The van der Waals surface area contributed by atoms with Crippen LogP contribution in [0.15, 0.2) is 0 Å². The summed E-state index contributed by atoms with van der Waals surface area (Å²) in [7, 11) is 0. The predicted molar refractivity (Wildman–Crippen MR) is 74.5 cm³/mol. The predicted octanol–water partition coefficient (Wildman–Crippen LogP) is 5.49. The molecule has 93 valence electrons. The summed E-state index contributed by atoms with van der Waals surface area (Å²) in [4.78, 5) is 10.7. The lowest BCUT2D eigenvalue weighted by molar-refractivity contribution is 0.563. The number of halogens is 4. The average molecular weight is 313 g/mol. The van der Waals surface area contributed by atoms with E-state index in [0.29, 0.717) is 22.0 Å². The van der Waals surface area contributed by atoms with Crippen LogP contribution >= 0.6 is 46.4 Å². The molecule has 0 unspecified atom stereocenters. The van der Waals surface area contributed by atoms with E-state index >= 15 is 0 Å². The van der Waals surface area contributed by atoms with Crippen LogP contribution in [0.25, 0.3) is 0 Å². The van der Waals surface area contributed by atoms with Crippen LogP contribution in [0, 0.1) is 0 Å². The summed E-state index contributed by atoms with van der Waals surface area (Å²) >= 11 is 24.1. The number of unbranched alkanes of at least 4 members (excludes halogenated alkanes) is 2. The summed E-state index contributed by atoms with van der Waals surface area (Å²) < 4.78 is 0. The number of hydrogen-bond donors (Lipinski definition) is 0. The Balaban J connectivity index is 3.18. The first-order valence-electron chi connectivity index (χ1n) is 5.27. The smallest absolute Gasteiger partial charge is 0.236 e. The molecule has 0 amide bonds. The Labute approximate surface area is 121 Å². The van der Waals surface area contributed by atoms with E-state index in [4.69, 9.17) is 46.4 Å². The zero-order valence-electron chi connectivity index (χ0n) is 9.25. The van der Waals surface area contributed by atoms with Gasteiger partial charge >= 0.3 is 0 Å². The van der Waals surface area contributed by atoms with Crippen LogP contribution in [0.4, 0.5) is 0 Å². The van der Waals surface area contributed by atoms with E-state index in [1.165, 1.54) is 0 Å². The Bertz CT molecular complexity index is 400. The van der Waals surface area contributed by atoms with Crippen molar-refractivity contribution in [2.24, 2.45) is 0 Å². The van der Waals surface area contributed by atoms with Gasteiger partial charge < -0.3 is 0 Å². The maximum atomic E-state index is 10.7. The van der Waals surface area contributed by atoms with Gasteiger partial charge in [0.1, 0.15) is 0 Å². The molecule has 0 bridgehead atoms. The Hall–Kier alpha value is 0.0500. The number of benzene rings is 1. The molecule has 0 spiro atoms. The molecule has 0 aliphatic rings. The van der Waals surface area contributed by atoms with E-state index in [1.54, 1.807) is 6.29 Å². The molecule has 0 atom stereocenters. The summed E-state index contributed by atoms with van der Waals surface area (Å²) in [5.74, 6) is 0. The highest BCUT2D eigenvalue weighted by atomic mass is 35.5. The first kappa shape index (κ1) is 15.1. The quantitative estimate of drug-likeness (QED) is 0.519. The Morgan fingerprint density at radius 3 is 1.88 bits per heavy atom. The van der Waals surface area contributed by atoms with Gasteiger partial charge in [0.15, 0.2) is 0 Å². The van der Waals surface area contributed by atoms with Crippen molar-refractivity contribution in [2.75, 3.05) is 0 Å². The minimum absolute atomic E-state index is 0.0302. The summed E-state index contributed by atoms with van der Waals surface area (Å²) in [6.07, 6.45) is 5.47. The van der Waals surface area contributed by atoms with Crippen molar-refractivity contribution in [2.45, 2.75) is 32.6 Å². The SMILES string of the molecule is CCCCCc1c(Cl)c(Cl)c([C]=O)c(Cl)c1Cl. The molecule has 1 rings (SSSR count). The Morgan fingerprint density at radius 1 is 0.941 bits per heavy atom. The summed E-state index contributed by atoms with van der Waals surface area (Å²) in [6, 6.07) is 0. The number of rotatable bonds is 5. The zero-order chi connectivity index (χ0) is 13.0. The molecule has 0 heterocycles. The van der Waals surface area contributed by atoms with Crippen molar-refractivity contribution < 1.29 is 4.79 Å². The second-order valence-corrected chi connectivity index (χ2v) is 5.18. The van der Waals surface area contributed by atoms with Gasteiger partial charge in [0.25, 0.3) is 0 Å². The van der Waals surface area contributed by atoms with Gasteiger partial charge in [-0.3, -0.25) is 4.79 Å². The molecule has 1 aromatic rings. The lowest BCUT2D eigenvalue weighted by Crippen LogP contribution is -1.96. The van der Waals surface area contributed by atoms with Crippen LogP contribution in [0.1, 0.15) is 37.3 Å². The van der Waals surface area contributed by atoms with Gasteiger partial charge in [0.05, 0.1) is 25.7 Å². The standard InChI is InChI=1S/C12H11Cl4O/c1-2-3-4-5-7-9(13)11(15)8(6-17)12(16)10(7)14/h2-5H2,1H3. The largest absolute Gasteiger partial charge is 0.285 e. The minimum atomic E-state index is 0.0302. The van der Waals surface area contributed by atoms with Crippen molar-refractivity contribution in [1.82, 2.24) is 0 Å². The first-order chi connectivity index (χ1) is 8.04. The molecule has 0 fully saturated rings. The summed E-state index contributed by atoms with van der Waals surface area (Å²) in [5.41, 5.74) is 0.735. The number of carbonyl (C=O) groups excluding carboxylic acids is 1. The molecule has 0 aliphatic heterocycles. The molecule has 0 aliphatic carbocycles. The molecule has 1 nitrogen and oxygen atoms in total. The average Bonchev–Trinajstić information content (AvgIpc) is 2.32. The summed E-state index contributed by atoms with van der Waals surface area (Å²) in [6.45, 7) is 2.10. The molecule has 0 aromatic heterocycles. The third kappa shape index (κ3) is 3.29. The third-order valence-electron chi connectivity index (χ3n) is 2.49. The van der Waals surface area contributed by atoms with E-state index in [1.807, 2.05) is 0 Å². The van der Waals surface area contributed by atoms with Gasteiger partial charge in [-0.15, -0.1) is 0 Å². The fourth-order valence-corrected chi connectivity index (χ4v) is 2.70. The van der Waals surface area contributed by atoms with E-state index in [0.717, 1.165) is 19.3 Å². The first-order valence-corrected chi connectivity index (χ1v) is 6.78. The molecule has 1 aromatic carbocycles. The topological polar surface area (TPSA) is 17.1 Å². The fourth-order valence-electron chi connectivity index (χ4n) is 1.54. The van der Waals surface area contributed by atoms with Gasteiger partial charge in [0.2, 0.25) is 6.29 Å². The Kier molecular flexibility index (Phi) is 6.08. The maximum absolute atomic E-state index is 10.7. The van der Waals surface area contributed by atoms with Gasteiger partial charge in [-0.05, 0) is 18.4 Å². The fraction of sp³-hybridized carbons (Fsp3) is 0.417. The maximum Gasteiger partial charge on any atom is 0.236 e. The van der Waals surface area contributed by atoms with E-state index in [-0.39, 0.29) is 15.6 Å². The second kappa shape index (κ2) is 6.84. The molecule has 17 heavy (non-hydrogen) atoms. The van der Waals surface area contributed by atoms with Crippen molar-refractivity contribution in [1.29, 1.82) is 0 Å². The van der Waals surface area contributed by atoms with Crippen LogP contribution in [-0.4, -0.2) is 6.29 Å². The Morgan fingerprint density at radius 2 is 1.47 bits per heavy atom. The van der Waals surface area contributed by atoms with Crippen molar-refractivity contribution >= 4 is 52.7 Å². The second-order valence-electron chi connectivity index (χ2n) is 3.67. The highest BCUT2D eigenvalue weighted by Crippen LogP contribution is 2.40.